The predicted molar refractivity (Wildman–Crippen MR) is 79.5 cm³/mol. The van der Waals surface area contributed by atoms with E-state index in [1.165, 1.54) is 11.1 Å². The number of para-hydroxylation sites is 1. The monoisotopic (exact) mass is 260 g/mol. The molecule has 1 aromatic carbocycles. The maximum Gasteiger partial charge on any atom is 0.0787 e. The van der Waals surface area contributed by atoms with Crippen molar-refractivity contribution < 1.29 is 4.62 Å². The number of hydrogen-bond donors (Lipinski definition) is 2. The highest BCUT2D eigenvalue weighted by Gasteiger charge is 2.22. The van der Waals surface area contributed by atoms with Gasteiger partial charge in [-0.1, -0.05) is 24.3 Å². The van der Waals surface area contributed by atoms with Crippen molar-refractivity contribution >= 4 is 24.3 Å². The van der Waals surface area contributed by atoms with Crippen molar-refractivity contribution in [3.63, 3.8) is 0 Å². The highest BCUT2D eigenvalue weighted by Crippen LogP contribution is 2.54. The Morgan fingerprint density at radius 2 is 2.06 bits per heavy atom. The molecule has 2 N–H and O–H groups in total. The zero-order valence-corrected chi connectivity index (χ0v) is 11.5. The largest absolute Gasteiger partial charge is 0.359 e. The van der Waals surface area contributed by atoms with Crippen molar-refractivity contribution in [2.75, 3.05) is 11.5 Å². The second-order valence-electron chi connectivity index (χ2n) is 4.75. The van der Waals surface area contributed by atoms with Gasteiger partial charge in [0.1, 0.15) is 0 Å². The van der Waals surface area contributed by atoms with E-state index in [1.54, 1.807) is 0 Å². The Kier molecular flexibility index (Phi) is 2.81. The summed E-state index contributed by atoms with van der Waals surface area (Å²) in [4.78, 5) is 0. The van der Waals surface area contributed by atoms with E-state index in [0.717, 1.165) is 17.5 Å². The normalized spacial score (nSPS) is 25.9. The quantitative estimate of drug-likeness (QED) is 0.699. The number of benzene rings is 1. The molecule has 0 aromatic heterocycles. The average molecular weight is 260 g/mol. The first-order valence-corrected chi connectivity index (χ1v) is 8.10. The van der Waals surface area contributed by atoms with Gasteiger partial charge in [0.15, 0.2) is 0 Å². The van der Waals surface area contributed by atoms with Gasteiger partial charge in [-0.05, 0) is 31.3 Å². The second-order valence-corrected chi connectivity index (χ2v) is 7.52. The molecule has 4 heteroatoms. The third-order valence-electron chi connectivity index (χ3n) is 3.26. The van der Waals surface area contributed by atoms with Crippen molar-refractivity contribution in [1.82, 2.24) is 5.48 Å². The Hall–Kier alpha value is -1.44. The summed E-state index contributed by atoms with van der Waals surface area (Å²) < 4.78 is 5.90. The summed E-state index contributed by atoms with van der Waals surface area (Å²) in [5, 5.41) is 3.41. The van der Waals surface area contributed by atoms with Crippen LogP contribution in [0.15, 0.2) is 41.9 Å². The minimum absolute atomic E-state index is 0.949. The number of rotatable bonds is 0. The molecule has 2 heterocycles. The van der Waals surface area contributed by atoms with Crippen molar-refractivity contribution in [3.05, 3.63) is 47.4 Å². The van der Waals surface area contributed by atoms with Gasteiger partial charge in [-0.25, -0.2) is 0 Å². The first-order valence-electron chi connectivity index (χ1n) is 6.07. The molecule has 0 amide bonds. The van der Waals surface area contributed by atoms with Crippen LogP contribution in [0.3, 0.4) is 0 Å². The minimum Gasteiger partial charge on any atom is -0.359 e. The average Bonchev–Trinajstić information content (AvgIpc) is 2.53. The molecule has 0 saturated carbocycles. The van der Waals surface area contributed by atoms with Crippen LogP contribution in [0.4, 0.5) is 5.69 Å². The van der Waals surface area contributed by atoms with E-state index in [-0.39, 0.29) is 0 Å². The van der Waals surface area contributed by atoms with Gasteiger partial charge in [0.05, 0.1) is 7.11 Å². The summed E-state index contributed by atoms with van der Waals surface area (Å²) in [5.74, 6) is 4.40. The van der Waals surface area contributed by atoms with Gasteiger partial charge in [-0.2, -0.15) is 0 Å². The predicted octanol–water partition coefficient (Wildman–Crippen LogP) is 3.60. The summed E-state index contributed by atoms with van der Waals surface area (Å²) in [6.07, 6.45) is 3.15. The van der Waals surface area contributed by atoms with Crippen LogP contribution in [0.5, 0.6) is 0 Å². The molecule has 0 bridgehead atoms. The van der Waals surface area contributed by atoms with E-state index in [1.807, 2.05) is 13.0 Å². The lowest BCUT2D eigenvalue weighted by Crippen LogP contribution is -2.17. The van der Waals surface area contributed by atoms with Crippen LogP contribution in [0.2, 0.25) is 0 Å². The smallest absolute Gasteiger partial charge is 0.0787 e. The van der Waals surface area contributed by atoms with Gasteiger partial charge in [0.25, 0.3) is 0 Å². The molecule has 0 radical (unpaired) electrons. The first kappa shape index (κ1) is 11.6. The number of anilines is 1. The Balaban J connectivity index is 2.07. The highest BCUT2D eigenvalue weighted by atomic mass is 31.2. The van der Waals surface area contributed by atoms with E-state index in [2.05, 4.69) is 53.7 Å². The fraction of sp³-hybridized carbons (Fsp3) is 0.214. The Bertz CT molecular complexity index is 602. The van der Waals surface area contributed by atoms with Crippen LogP contribution >= 0.6 is 7.11 Å². The van der Waals surface area contributed by atoms with Crippen LogP contribution in [-0.4, -0.2) is 12.1 Å². The Morgan fingerprint density at radius 3 is 2.83 bits per heavy atom. The molecule has 3 rings (SSSR count). The standard InChI is InChI=1S/C14H17N2OP/c1-11-9-18(8-7-12(2)16-17-18)10-15-14-6-4-3-5-13(11)14/h3-7,9-10,15-16H,8H2,1-2H3. The van der Waals surface area contributed by atoms with Crippen LogP contribution < -0.4 is 10.8 Å². The minimum atomic E-state index is -1.69. The van der Waals surface area contributed by atoms with E-state index in [0.29, 0.717) is 0 Å². The van der Waals surface area contributed by atoms with Gasteiger partial charge in [0.2, 0.25) is 0 Å². The summed E-state index contributed by atoms with van der Waals surface area (Å²) in [6.45, 7) is 4.17. The van der Waals surface area contributed by atoms with Crippen LogP contribution in [-0.2, 0) is 4.62 Å². The van der Waals surface area contributed by atoms with E-state index < -0.39 is 7.11 Å². The third-order valence-corrected chi connectivity index (χ3v) is 5.84. The molecule has 1 unspecified atom stereocenters. The molecular weight excluding hydrogens is 243 g/mol. The van der Waals surface area contributed by atoms with Crippen molar-refractivity contribution in [1.29, 1.82) is 0 Å². The number of hydroxylamine groups is 1. The van der Waals surface area contributed by atoms with Gasteiger partial charge in [-0.15, -0.1) is 0 Å². The number of nitrogens with one attached hydrogen (secondary N) is 2. The molecule has 0 aliphatic carbocycles. The summed E-state index contributed by atoms with van der Waals surface area (Å²) in [6, 6.07) is 8.36. The van der Waals surface area contributed by atoms with Gasteiger partial charge < -0.3 is 5.32 Å². The molecule has 0 saturated heterocycles. The SMILES string of the molecule is CC1=CCP2(=CNc3ccccc3C(C)=C2)ON1. The van der Waals surface area contributed by atoms with Gasteiger partial charge >= 0.3 is 0 Å². The lowest BCUT2D eigenvalue weighted by atomic mass is 10.1. The Morgan fingerprint density at radius 1 is 1.22 bits per heavy atom. The molecule has 1 aromatic rings. The maximum atomic E-state index is 5.90. The Labute approximate surface area is 108 Å². The zero-order valence-electron chi connectivity index (χ0n) is 10.6. The molecule has 2 aliphatic heterocycles. The number of allylic oxidation sites excluding steroid dienone is 3. The fourth-order valence-corrected chi connectivity index (χ4v) is 4.73. The summed E-state index contributed by atoms with van der Waals surface area (Å²) in [5.41, 5.74) is 7.77. The highest BCUT2D eigenvalue weighted by molar-refractivity contribution is 7.73. The van der Waals surface area contributed by atoms with E-state index >= 15 is 0 Å². The van der Waals surface area contributed by atoms with E-state index in [9.17, 15) is 0 Å². The van der Waals surface area contributed by atoms with Crippen LogP contribution in [0.25, 0.3) is 5.57 Å². The molecule has 18 heavy (non-hydrogen) atoms. The van der Waals surface area contributed by atoms with Crippen molar-refractivity contribution in [2.24, 2.45) is 0 Å². The maximum absolute atomic E-state index is 5.90. The van der Waals surface area contributed by atoms with Crippen LogP contribution in [0.1, 0.15) is 19.4 Å². The number of hydrogen-bond acceptors (Lipinski definition) is 3. The van der Waals surface area contributed by atoms with Crippen molar-refractivity contribution in [2.45, 2.75) is 13.8 Å². The first-order chi connectivity index (χ1) is 8.69. The van der Waals surface area contributed by atoms with Gasteiger partial charge in [0, 0.05) is 29.0 Å². The second kappa shape index (κ2) is 4.34. The van der Waals surface area contributed by atoms with Crippen LogP contribution in [0, 0.1) is 0 Å². The number of fused-ring (bicyclic) bond motifs is 1. The lowest BCUT2D eigenvalue weighted by Gasteiger charge is -2.26. The third kappa shape index (κ3) is 2.00. The molecular formula is C14H17N2OP. The fourth-order valence-electron chi connectivity index (χ4n) is 2.24. The molecule has 3 nitrogen and oxygen atoms in total. The molecule has 1 atom stereocenters. The zero-order chi connectivity index (χ0) is 12.6. The molecule has 0 fully saturated rings. The molecule has 2 aliphatic rings. The molecule has 94 valence electrons. The van der Waals surface area contributed by atoms with Crippen molar-refractivity contribution in [3.8, 4) is 0 Å². The summed E-state index contributed by atoms with van der Waals surface area (Å²) in [7, 11) is -1.69. The molecule has 1 spiro atoms. The summed E-state index contributed by atoms with van der Waals surface area (Å²) >= 11 is 0. The van der Waals surface area contributed by atoms with Gasteiger partial charge in [-0.3, -0.25) is 10.1 Å². The van der Waals surface area contributed by atoms with E-state index in [4.69, 9.17) is 4.62 Å². The lowest BCUT2D eigenvalue weighted by molar-refractivity contribution is 0.254. The topological polar surface area (TPSA) is 33.3 Å².